The van der Waals surface area contributed by atoms with Crippen LogP contribution in [0.5, 0.6) is 0 Å². The van der Waals surface area contributed by atoms with E-state index in [1.807, 2.05) is 12.1 Å². The molecule has 0 spiro atoms. The maximum Gasteiger partial charge on any atom is 0.333 e. The molecule has 1 aliphatic rings. The van der Waals surface area contributed by atoms with Crippen molar-refractivity contribution in [3.63, 3.8) is 0 Å². The predicted molar refractivity (Wildman–Crippen MR) is 95.7 cm³/mol. The summed E-state index contributed by atoms with van der Waals surface area (Å²) in [6, 6.07) is 7.19. The third-order valence-corrected chi connectivity index (χ3v) is 4.75. The molecule has 0 unspecified atom stereocenters. The highest BCUT2D eigenvalue weighted by Gasteiger charge is 2.23. The van der Waals surface area contributed by atoms with Gasteiger partial charge in [0.05, 0.1) is 6.20 Å². The molecule has 3 heterocycles. The molecule has 1 fully saturated rings. The second kappa shape index (κ2) is 7.20. The summed E-state index contributed by atoms with van der Waals surface area (Å²) in [4.78, 5) is 24.7. The lowest BCUT2D eigenvalue weighted by Crippen LogP contribution is -2.42. The summed E-state index contributed by atoms with van der Waals surface area (Å²) in [5.41, 5.74) is -1.05. The third kappa shape index (κ3) is 3.50. The predicted octanol–water partition coefficient (Wildman–Crippen LogP) is 2.32. The van der Waals surface area contributed by atoms with Crippen LogP contribution in [0, 0.1) is 5.82 Å². The van der Waals surface area contributed by atoms with Crippen LogP contribution in [-0.4, -0.2) is 25.9 Å². The fourth-order valence-corrected chi connectivity index (χ4v) is 3.14. The van der Waals surface area contributed by atoms with Crippen molar-refractivity contribution in [2.45, 2.75) is 25.6 Å². The van der Waals surface area contributed by atoms with Crippen LogP contribution in [0.1, 0.15) is 25.0 Å². The Morgan fingerprint density at radius 3 is 2.70 bits per heavy atom. The van der Waals surface area contributed by atoms with Gasteiger partial charge in [-0.3, -0.25) is 9.36 Å². The zero-order chi connectivity index (χ0) is 19.0. The Morgan fingerprint density at radius 1 is 1.22 bits per heavy atom. The fraction of sp³-hybridized carbons (Fsp3) is 0.294. The van der Waals surface area contributed by atoms with E-state index in [9.17, 15) is 14.0 Å². The minimum absolute atomic E-state index is 0.0246. The summed E-state index contributed by atoms with van der Waals surface area (Å²) in [7, 11) is 0. The van der Waals surface area contributed by atoms with Crippen LogP contribution in [0.25, 0.3) is 11.5 Å². The normalized spacial score (nSPS) is 16.7. The average Bonchev–Trinajstić information content (AvgIpc) is 3.34. The summed E-state index contributed by atoms with van der Waals surface area (Å²) >= 11 is 3.34. The van der Waals surface area contributed by atoms with E-state index in [0.717, 1.165) is 26.2 Å². The smallest absolute Gasteiger partial charge is 0.333 e. The van der Waals surface area contributed by atoms with Gasteiger partial charge in [-0.25, -0.2) is 9.36 Å². The monoisotopic (exact) mass is 436 g/mol. The SMILES string of the molecule is O=c1c(F)cn([C@H]2CCCO2)c(=O)n1Cc1nnc(-c2ccc(Br)cc2)o1. The first-order chi connectivity index (χ1) is 13.0. The van der Waals surface area contributed by atoms with Gasteiger partial charge in [0, 0.05) is 16.6 Å². The van der Waals surface area contributed by atoms with E-state index in [2.05, 4.69) is 26.1 Å². The average molecular weight is 437 g/mol. The van der Waals surface area contributed by atoms with Gasteiger partial charge in [-0.05, 0) is 37.1 Å². The van der Waals surface area contributed by atoms with Gasteiger partial charge in [0.2, 0.25) is 17.6 Å². The van der Waals surface area contributed by atoms with E-state index in [1.54, 1.807) is 12.1 Å². The summed E-state index contributed by atoms with van der Waals surface area (Å²) in [6.07, 6.45) is 1.64. The van der Waals surface area contributed by atoms with Gasteiger partial charge < -0.3 is 9.15 Å². The van der Waals surface area contributed by atoms with Crippen molar-refractivity contribution in [3.05, 3.63) is 67.5 Å². The van der Waals surface area contributed by atoms with Crippen LogP contribution in [-0.2, 0) is 11.3 Å². The highest BCUT2D eigenvalue weighted by atomic mass is 79.9. The van der Waals surface area contributed by atoms with Crippen LogP contribution < -0.4 is 11.2 Å². The lowest BCUT2D eigenvalue weighted by molar-refractivity contribution is 0.0503. The Morgan fingerprint density at radius 2 is 2.00 bits per heavy atom. The third-order valence-electron chi connectivity index (χ3n) is 4.22. The highest BCUT2D eigenvalue weighted by Crippen LogP contribution is 2.22. The molecular formula is C17H14BrFN4O4. The van der Waals surface area contributed by atoms with Gasteiger partial charge in [0.1, 0.15) is 12.8 Å². The summed E-state index contributed by atoms with van der Waals surface area (Å²) in [5.74, 6) is -0.782. The molecule has 0 amide bonds. The minimum atomic E-state index is -1.04. The van der Waals surface area contributed by atoms with E-state index in [0.29, 0.717) is 18.6 Å². The second-order valence-electron chi connectivity index (χ2n) is 6.03. The molecule has 2 aromatic heterocycles. The van der Waals surface area contributed by atoms with Gasteiger partial charge in [-0.1, -0.05) is 15.9 Å². The van der Waals surface area contributed by atoms with Crippen LogP contribution >= 0.6 is 15.9 Å². The number of rotatable bonds is 4. The molecule has 140 valence electrons. The maximum atomic E-state index is 14.1. The molecule has 0 radical (unpaired) electrons. The number of benzene rings is 1. The van der Waals surface area contributed by atoms with Crippen molar-refractivity contribution in [1.29, 1.82) is 0 Å². The van der Waals surface area contributed by atoms with Crippen molar-refractivity contribution < 1.29 is 13.5 Å². The molecule has 0 aliphatic carbocycles. The van der Waals surface area contributed by atoms with E-state index >= 15 is 0 Å². The molecule has 3 aromatic rings. The Kier molecular flexibility index (Phi) is 4.75. The van der Waals surface area contributed by atoms with Crippen LogP contribution in [0.2, 0.25) is 0 Å². The molecule has 0 bridgehead atoms. The van der Waals surface area contributed by atoms with Gasteiger partial charge >= 0.3 is 5.69 Å². The molecule has 1 aromatic carbocycles. The molecule has 8 nitrogen and oxygen atoms in total. The number of aromatic nitrogens is 4. The molecule has 4 rings (SSSR count). The number of hydrogen-bond donors (Lipinski definition) is 0. The van der Waals surface area contributed by atoms with Crippen molar-refractivity contribution in [2.75, 3.05) is 6.61 Å². The number of ether oxygens (including phenoxy) is 1. The van der Waals surface area contributed by atoms with Gasteiger partial charge in [0.15, 0.2) is 0 Å². The quantitative estimate of drug-likeness (QED) is 0.622. The maximum absolute atomic E-state index is 14.1. The van der Waals surface area contributed by atoms with Gasteiger partial charge in [-0.15, -0.1) is 10.2 Å². The molecule has 1 aliphatic heterocycles. The molecule has 0 N–H and O–H groups in total. The standard InChI is InChI=1S/C17H14BrFN4O4/c18-11-5-3-10(4-6-11)15-21-20-13(27-15)9-23-16(24)12(19)8-22(17(23)25)14-2-1-7-26-14/h3-6,8,14H,1-2,7,9H2/t14-/m1/s1. The first-order valence-electron chi connectivity index (χ1n) is 8.24. The number of halogens is 2. The van der Waals surface area contributed by atoms with E-state index in [-0.39, 0.29) is 18.3 Å². The van der Waals surface area contributed by atoms with E-state index in [1.165, 1.54) is 0 Å². The molecule has 27 heavy (non-hydrogen) atoms. The first-order valence-corrected chi connectivity index (χ1v) is 9.03. The van der Waals surface area contributed by atoms with Gasteiger partial charge in [0.25, 0.3) is 5.56 Å². The first kappa shape index (κ1) is 17.8. The second-order valence-corrected chi connectivity index (χ2v) is 6.95. The van der Waals surface area contributed by atoms with Crippen molar-refractivity contribution in [2.24, 2.45) is 0 Å². The van der Waals surface area contributed by atoms with E-state index < -0.39 is 23.3 Å². The van der Waals surface area contributed by atoms with Crippen molar-refractivity contribution in [1.82, 2.24) is 19.3 Å². The van der Waals surface area contributed by atoms with Crippen molar-refractivity contribution >= 4 is 15.9 Å². The Hall–Kier alpha value is -2.59. The zero-order valence-electron chi connectivity index (χ0n) is 14.0. The van der Waals surface area contributed by atoms with Gasteiger partial charge in [-0.2, -0.15) is 4.39 Å². The Labute approximate surface area is 160 Å². The summed E-state index contributed by atoms with van der Waals surface area (Å²) < 4.78 is 27.7. The number of hydrogen-bond acceptors (Lipinski definition) is 6. The van der Waals surface area contributed by atoms with Crippen LogP contribution in [0.4, 0.5) is 4.39 Å². The Balaban J connectivity index is 1.67. The summed E-state index contributed by atoms with van der Waals surface area (Å²) in [5, 5.41) is 7.78. The lowest BCUT2D eigenvalue weighted by atomic mass is 10.2. The molecule has 0 saturated carbocycles. The Bertz CT molecular complexity index is 1080. The van der Waals surface area contributed by atoms with Crippen molar-refractivity contribution in [3.8, 4) is 11.5 Å². The topological polar surface area (TPSA) is 92.2 Å². The van der Waals surface area contributed by atoms with E-state index in [4.69, 9.17) is 9.15 Å². The molecular weight excluding hydrogens is 423 g/mol. The summed E-state index contributed by atoms with van der Waals surface area (Å²) in [6.45, 7) is 0.156. The molecule has 1 saturated heterocycles. The highest BCUT2D eigenvalue weighted by molar-refractivity contribution is 9.10. The fourth-order valence-electron chi connectivity index (χ4n) is 2.88. The molecule has 10 heteroatoms. The minimum Gasteiger partial charge on any atom is -0.419 e. The van der Waals surface area contributed by atoms with Crippen LogP contribution in [0.15, 0.2) is 48.9 Å². The zero-order valence-corrected chi connectivity index (χ0v) is 15.6. The van der Waals surface area contributed by atoms with Crippen LogP contribution in [0.3, 0.4) is 0 Å². The number of nitrogens with zero attached hydrogens (tertiary/aromatic N) is 4. The largest absolute Gasteiger partial charge is 0.419 e. The lowest BCUT2D eigenvalue weighted by Gasteiger charge is -2.14. The molecule has 1 atom stereocenters.